The highest BCUT2D eigenvalue weighted by atomic mass is 16.2. The molecule has 0 aromatic carbocycles. The molecule has 0 aliphatic heterocycles. The SMILES string of the molecule is CC1(C)[C@@H]2CC[C@@]1(C)C1=C(C2)C(=O)CC1=O. The lowest BCUT2D eigenvalue weighted by Crippen LogP contribution is -2.40. The van der Waals surface area contributed by atoms with Gasteiger partial charge in [0.2, 0.25) is 0 Å². The van der Waals surface area contributed by atoms with Crippen LogP contribution in [-0.2, 0) is 9.59 Å². The minimum absolute atomic E-state index is 0.0471. The molecule has 0 heterocycles. The highest BCUT2D eigenvalue weighted by Gasteiger charge is 2.60. The Morgan fingerprint density at radius 3 is 2.50 bits per heavy atom. The zero-order valence-electron chi connectivity index (χ0n) is 10.2. The van der Waals surface area contributed by atoms with Crippen LogP contribution in [0.5, 0.6) is 0 Å². The number of allylic oxidation sites excluding steroid dienone is 2. The maximum atomic E-state index is 12.0. The van der Waals surface area contributed by atoms with E-state index in [9.17, 15) is 9.59 Å². The fraction of sp³-hybridized carbons (Fsp3) is 0.714. The van der Waals surface area contributed by atoms with E-state index in [1.807, 2.05) is 0 Å². The summed E-state index contributed by atoms with van der Waals surface area (Å²) in [6, 6.07) is 0. The fourth-order valence-corrected chi connectivity index (χ4v) is 4.15. The molecule has 0 N–H and O–H groups in total. The third kappa shape index (κ3) is 0.899. The van der Waals surface area contributed by atoms with Gasteiger partial charge in [-0.15, -0.1) is 0 Å². The number of Topliss-reactive ketones (excluding diaryl/α,β-unsaturated/α-hetero) is 2. The molecule has 3 rings (SSSR count). The molecule has 3 aliphatic carbocycles. The van der Waals surface area contributed by atoms with Gasteiger partial charge in [-0.3, -0.25) is 9.59 Å². The standard InChI is InChI=1S/C14H18O2/c1-13(2)8-4-5-14(13,3)12-9(6-8)10(15)7-11(12)16/h8H,4-7H2,1-3H3/t8-,14+/m1/s1. The second kappa shape index (κ2) is 2.66. The van der Waals surface area contributed by atoms with Crippen LogP contribution in [0.25, 0.3) is 0 Å². The van der Waals surface area contributed by atoms with E-state index in [0.717, 1.165) is 30.4 Å². The Morgan fingerprint density at radius 2 is 1.81 bits per heavy atom. The van der Waals surface area contributed by atoms with Gasteiger partial charge < -0.3 is 0 Å². The molecule has 2 bridgehead atoms. The maximum absolute atomic E-state index is 12.0. The van der Waals surface area contributed by atoms with Gasteiger partial charge in [-0.1, -0.05) is 20.8 Å². The Labute approximate surface area is 96.1 Å². The summed E-state index contributed by atoms with van der Waals surface area (Å²) in [5.74, 6) is 0.802. The Morgan fingerprint density at radius 1 is 1.12 bits per heavy atom. The number of ketones is 2. The smallest absolute Gasteiger partial charge is 0.167 e. The molecular weight excluding hydrogens is 200 g/mol. The largest absolute Gasteiger partial charge is 0.294 e. The van der Waals surface area contributed by atoms with Crippen molar-refractivity contribution in [2.24, 2.45) is 16.7 Å². The van der Waals surface area contributed by atoms with Gasteiger partial charge in [0.1, 0.15) is 0 Å². The molecule has 0 saturated heterocycles. The van der Waals surface area contributed by atoms with Crippen molar-refractivity contribution in [1.29, 1.82) is 0 Å². The minimum atomic E-state index is -0.0471. The van der Waals surface area contributed by atoms with Crippen molar-refractivity contribution in [3.8, 4) is 0 Å². The van der Waals surface area contributed by atoms with Crippen molar-refractivity contribution in [1.82, 2.24) is 0 Å². The summed E-state index contributed by atoms with van der Waals surface area (Å²) in [6.45, 7) is 6.73. The van der Waals surface area contributed by atoms with E-state index in [0.29, 0.717) is 5.92 Å². The fourth-order valence-electron chi connectivity index (χ4n) is 4.15. The summed E-state index contributed by atoms with van der Waals surface area (Å²) in [7, 11) is 0. The second-order valence-electron chi connectivity index (χ2n) is 6.37. The van der Waals surface area contributed by atoms with Gasteiger partial charge in [0.25, 0.3) is 0 Å². The van der Waals surface area contributed by atoms with Crippen LogP contribution in [0, 0.1) is 16.7 Å². The summed E-state index contributed by atoms with van der Waals surface area (Å²) < 4.78 is 0. The van der Waals surface area contributed by atoms with Crippen molar-refractivity contribution in [3.63, 3.8) is 0 Å². The normalized spacial score (nSPS) is 40.6. The quantitative estimate of drug-likeness (QED) is 0.586. The Kier molecular flexibility index (Phi) is 1.71. The molecule has 0 aromatic rings. The highest BCUT2D eigenvalue weighted by Crippen LogP contribution is 2.66. The lowest BCUT2D eigenvalue weighted by atomic mass is 9.57. The van der Waals surface area contributed by atoms with Crippen molar-refractivity contribution in [2.75, 3.05) is 0 Å². The maximum Gasteiger partial charge on any atom is 0.167 e. The first kappa shape index (κ1) is 10.2. The molecule has 1 saturated carbocycles. The number of carbonyl (C=O) groups excluding carboxylic acids is 2. The Balaban J connectivity index is 2.23. The number of carbonyl (C=O) groups is 2. The van der Waals surface area contributed by atoms with Crippen LogP contribution >= 0.6 is 0 Å². The van der Waals surface area contributed by atoms with Gasteiger partial charge in [-0.25, -0.2) is 0 Å². The summed E-state index contributed by atoms with van der Waals surface area (Å²) in [5.41, 5.74) is 1.91. The lowest BCUT2D eigenvalue weighted by molar-refractivity contribution is -0.121. The summed E-state index contributed by atoms with van der Waals surface area (Å²) in [5, 5.41) is 0. The minimum Gasteiger partial charge on any atom is -0.294 e. The summed E-state index contributed by atoms with van der Waals surface area (Å²) >= 11 is 0. The van der Waals surface area contributed by atoms with Crippen molar-refractivity contribution in [3.05, 3.63) is 11.1 Å². The molecule has 0 aromatic heterocycles. The molecule has 3 aliphatic rings. The van der Waals surface area contributed by atoms with Crippen molar-refractivity contribution in [2.45, 2.75) is 46.5 Å². The number of rotatable bonds is 0. The van der Waals surface area contributed by atoms with E-state index in [1.165, 1.54) is 0 Å². The molecule has 16 heavy (non-hydrogen) atoms. The molecular formula is C14H18O2. The third-order valence-corrected chi connectivity index (χ3v) is 5.68. The molecule has 1 fully saturated rings. The average Bonchev–Trinajstić information content (AvgIpc) is 2.52. The van der Waals surface area contributed by atoms with Gasteiger partial charge in [-0.2, -0.15) is 0 Å². The van der Waals surface area contributed by atoms with Gasteiger partial charge in [0.05, 0.1) is 6.42 Å². The van der Waals surface area contributed by atoms with Crippen LogP contribution in [0.2, 0.25) is 0 Å². The molecule has 86 valence electrons. The first-order valence-corrected chi connectivity index (χ1v) is 6.18. The first-order chi connectivity index (χ1) is 7.38. The topological polar surface area (TPSA) is 34.1 Å². The lowest BCUT2D eigenvalue weighted by Gasteiger charge is -2.46. The molecule has 2 heteroatoms. The van der Waals surface area contributed by atoms with Crippen molar-refractivity contribution < 1.29 is 9.59 Å². The predicted octanol–water partition coefficient (Wildman–Crippen LogP) is 2.67. The number of fused-ring (bicyclic) bond motifs is 3. The Hall–Kier alpha value is -0.920. The van der Waals surface area contributed by atoms with Gasteiger partial charge in [0.15, 0.2) is 11.6 Å². The average molecular weight is 218 g/mol. The molecule has 0 unspecified atom stereocenters. The molecule has 0 radical (unpaired) electrons. The summed E-state index contributed by atoms with van der Waals surface area (Å²) in [6.07, 6.45) is 3.23. The number of hydrogen-bond donors (Lipinski definition) is 0. The second-order valence-corrected chi connectivity index (χ2v) is 6.37. The van der Waals surface area contributed by atoms with E-state index in [2.05, 4.69) is 20.8 Å². The molecule has 2 atom stereocenters. The van der Waals surface area contributed by atoms with Gasteiger partial charge in [-0.05, 0) is 30.6 Å². The molecule has 0 amide bonds. The van der Waals surface area contributed by atoms with Crippen LogP contribution in [0.4, 0.5) is 0 Å². The monoisotopic (exact) mass is 218 g/mol. The van der Waals surface area contributed by atoms with E-state index < -0.39 is 0 Å². The highest BCUT2D eigenvalue weighted by molar-refractivity contribution is 6.23. The Bertz CT molecular complexity index is 442. The summed E-state index contributed by atoms with van der Waals surface area (Å²) in [4.78, 5) is 23.8. The van der Waals surface area contributed by atoms with Crippen LogP contribution in [0.3, 0.4) is 0 Å². The van der Waals surface area contributed by atoms with E-state index in [-0.39, 0.29) is 28.8 Å². The van der Waals surface area contributed by atoms with E-state index in [1.54, 1.807) is 0 Å². The van der Waals surface area contributed by atoms with Crippen LogP contribution in [0.1, 0.15) is 46.5 Å². The van der Waals surface area contributed by atoms with Crippen LogP contribution in [0.15, 0.2) is 11.1 Å². The zero-order valence-corrected chi connectivity index (χ0v) is 10.2. The van der Waals surface area contributed by atoms with E-state index >= 15 is 0 Å². The molecule has 0 spiro atoms. The zero-order chi connectivity index (χ0) is 11.7. The third-order valence-electron chi connectivity index (χ3n) is 5.68. The molecule has 2 nitrogen and oxygen atoms in total. The first-order valence-electron chi connectivity index (χ1n) is 6.18. The predicted molar refractivity (Wildman–Crippen MR) is 60.9 cm³/mol. The van der Waals surface area contributed by atoms with Crippen LogP contribution in [-0.4, -0.2) is 11.6 Å². The van der Waals surface area contributed by atoms with Crippen molar-refractivity contribution >= 4 is 11.6 Å². The van der Waals surface area contributed by atoms with Crippen LogP contribution < -0.4 is 0 Å². The van der Waals surface area contributed by atoms with Gasteiger partial charge in [0, 0.05) is 16.6 Å². The van der Waals surface area contributed by atoms with Gasteiger partial charge >= 0.3 is 0 Å². The van der Waals surface area contributed by atoms with E-state index in [4.69, 9.17) is 0 Å². The number of hydrogen-bond acceptors (Lipinski definition) is 2.